The maximum atomic E-state index is 13.5. The summed E-state index contributed by atoms with van der Waals surface area (Å²) in [6.07, 6.45) is 3.56. The predicted molar refractivity (Wildman–Crippen MR) is 119 cm³/mol. The molecule has 1 aromatic heterocycles. The summed E-state index contributed by atoms with van der Waals surface area (Å²) >= 11 is 1.22. The van der Waals surface area contributed by atoms with E-state index in [0.29, 0.717) is 21.6 Å². The SMILES string of the molecule is CCC1CCCCN1S(=O)(=O)c1ccc(C(=O)N=c2sc3cc(F)ccc3n2C)cc1. The van der Waals surface area contributed by atoms with Gasteiger partial charge in [0.2, 0.25) is 10.0 Å². The molecule has 4 rings (SSSR count). The zero-order valence-corrected chi connectivity index (χ0v) is 19.0. The van der Waals surface area contributed by atoms with Crippen LogP contribution in [-0.4, -0.2) is 35.8 Å². The number of hydrogen-bond donors (Lipinski definition) is 0. The Morgan fingerprint density at radius 3 is 2.65 bits per heavy atom. The lowest BCUT2D eigenvalue weighted by molar-refractivity contribution is 0.0998. The molecule has 2 heterocycles. The molecule has 0 saturated carbocycles. The smallest absolute Gasteiger partial charge is 0.279 e. The Hall–Kier alpha value is -2.36. The third kappa shape index (κ3) is 4.22. The second-order valence-electron chi connectivity index (χ2n) is 7.67. The number of halogens is 1. The lowest BCUT2D eigenvalue weighted by Gasteiger charge is -2.34. The van der Waals surface area contributed by atoms with E-state index in [1.54, 1.807) is 22.0 Å². The molecule has 9 heteroatoms. The van der Waals surface area contributed by atoms with E-state index in [1.165, 1.54) is 47.7 Å². The predicted octanol–water partition coefficient (Wildman–Crippen LogP) is 4.07. The fraction of sp³-hybridized carbons (Fsp3) is 0.364. The highest BCUT2D eigenvalue weighted by Gasteiger charge is 2.32. The zero-order valence-electron chi connectivity index (χ0n) is 17.4. The number of aromatic nitrogens is 1. The number of rotatable bonds is 4. The Morgan fingerprint density at radius 2 is 1.94 bits per heavy atom. The quantitative estimate of drug-likeness (QED) is 0.588. The lowest BCUT2D eigenvalue weighted by atomic mass is 10.0. The van der Waals surface area contributed by atoms with Crippen LogP contribution in [0.3, 0.4) is 0 Å². The van der Waals surface area contributed by atoms with Gasteiger partial charge in [0.15, 0.2) is 4.80 Å². The van der Waals surface area contributed by atoms with Crippen molar-refractivity contribution in [1.29, 1.82) is 0 Å². The number of piperidine rings is 1. The van der Waals surface area contributed by atoms with Crippen LogP contribution in [0.1, 0.15) is 43.0 Å². The van der Waals surface area contributed by atoms with Crippen LogP contribution in [-0.2, 0) is 17.1 Å². The Kier molecular flexibility index (Phi) is 6.09. The van der Waals surface area contributed by atoms with Crippen molar-refractivity contribution in [2.45, 2.75) is 43.5 Å². The van der Waals surface area contributed by atoms with E-state index in [1.807, 2.05) is 6.92 Å². The summed E-state index contributed by atoms with van der Waals surface area (Å²) in [7, 11) is -1.83. The van der Waals surface area contributed by atoms with Crippen LogP contribution in [0.5, 0.6) is 0 Å². The number of fused-ring (bicyclic) bond motifs is 1. The highest BCUT2D eigenvalue weighted by Crippen LogP contribution is 2.27. The molecule has 3 aromatic rings. The minimum absolute atomic E-state index is 0.0212. The van der Waals surface area contributed by atoms with Gasteiger partial charge in [0.05, 0.1) is 15.1 Å². The van der Waals surface area contributed by atoms with Crippen LogP contribution in [0.15, 0.2) is 52.4 Å². The monoisotopic (exact) mass is 461 g/mol. The first kappa shape index (κ1) is 21.9. The highest BCUT2D eigenvalue weighted by atomic mass is 32.2. The summed E-state index contributed by atoms with van der Waals surface area (Å²) in [5, 5.41) is 0. The summed E-state index contributed by atoms with van der Waals surface area (Å²) in [5.74, 6) is -0.820. The summed E-state index contributed by atoms with van der Waals surface area (Å²) in [6.45, 7) is 2.53. The summed E-state index contributed by atoms with van der Waals surface area (Å²) < 4.78 is 43.7. The van der Waals surface area contributed by atoms with Crippen molar-refractivity contribution in [1.82, 2.24) is 8.87 Å². The molecule has 0 radical (unpaired) electrons. The maximum absolute atomic E-state index is 13.5. The number of carbonyl (C=O) groups is 1. The first-order valence-corrected chi connectivity index (χ1v) is 12.5. The number of thiazole rings is 1. The van der Waals surface area contributed by atoms with E-state index < -0.39 is 15.9 Å². The fourth-order valence-electron chi connectivity index (χ4n) is 3.97. The van der Waals surface area contributed by atoms with Gasteiger partial charge in [-0.05, 0) is 61.7 Å². The molecule has 2 aromatic carbocycles. The Morgan fingerprint density at radius 1 is 1.19 bits per heavy atom. The molecular formula is C22H24FN3O3S2. The number of carbonyl (C=O) groups excluding carboxylic acids is 1. The third-order valence-corrected chi connectivity index (χ3v) is 8.78. The largest absolute Gasteiger partial charge is 0.319 e. The van der Waals surface area contributed by atoms with E-state index in [9.17, 15) is 17.6 Å². The molecule has 1 amide bonds. The maximum Gasteiger partial charge on any atom is 0.279 e. The number of nitrogens with zero attached hydrogens (tertiary/aromatic N) is 3. The van der Waals surface area contributed by atoms with Gasteiger partial charge in [0.1, 0.15) is 5.82 Å². The minimum atomic E-state index is -3.60. The summed E-state index contributed by atoms with van der Waals surface area (Å²) in [4.78, 5) is 17.5. The topological polar surface area (TPSA) is 71.7 Å². The summed E-state index contributed by atoms with van der Waals surface area (Å²) in [6, 6.07) is 10.4. The van der Waals surface area contributed by atoms with Crippen LogP contribution in [0, 0.1) is 5.82 Å². The molecular weight excluding hydrogens is 437 g/mol. The van der Waals surface area contributed by atoms with Crippen molar-refractivity contribution in [3.63, 3.8) is 0 Å². The van der Waals surface area contributed by atoms with Crippen LogP contribution in [0.2, 0.25) is 0 Å². The van der Waals surface area contributed by atoms with Gasteiger partial charge in [-0.25, -0.2) is 12.8 Å². The zero-order chi connectivity index (χ0) is 22.2. The molecule has 6 nitrogen and oxygen atoms in total. The average Bonchev–Trinajstić information content (AvgIpc) is 3.07. The van der Waals surface area contributed by atoms with E-state index >= 15 is 0 Å². The van der Waals surface area contributed by atoms with E-state index in [2.05, 4.69) is 4.99 Å². The molecule has 0 N–H and O–H groups in total. The van der Waals surface area contributed by atoms with Crippen LogP contribution < -0.4 is 4.80 Å². The van der Waals surface area contributed by atoms with E-state index in [0.717, 1.165) is 31.2 Å². The van der Waals surface area contributed by atoms with Gasteiger partial charge in [0, 0.05) is 25.2 Å². The van der Waals surface area contributed by atoms with Crippen molar-refractivity contribution in [3.05, 3.63) is 58.6 Å². The minimum Gasteiger partial charge on any atom is -0.319 e. The molecule has 0 bridgehead atoms. The third-order valence-electron chi connectivity index (χ3n) is 5.72. The van der Waals surface area contributed by atoms with Crippen LogP contribution in [0.4, 0.5) is 4.39 Å². The van der Waals surface area contributed by atoms with Gasteiger partial charge in [-0.3, -0.25) is 4.79 Å². The average molecular weight is 462 g/mol. The van der Waals surface area contributed by atoms with E-state index in [-0.39, 0.29) is 16.8 Å². The van der Waals surface area contributed by atoms with Gasteiger partial charge < -0.3 is 4.57 Å². The van der Waals surface area contributed by atoms with Crippen molar-refractivity contribution < 1.29 is 17.6 Å². The van der Waals surface area contributed by atoms with Gasteiger partial charge in [-0.15, -0.1) is 0 Å². The number of benzene rings is 2. The van der Waals surface area contributed by atoms with Crippen molar-refractivity contribution in [2.75, 3.05) is 6.54 Å². The standard InChI is InChI=1S/C22H24FN3O3S2/c1-3-17-6-4-5-13-26(17)31(28,29)18-10-7-15(8-11-18)21(27)24-22-25(2)19-12-9-16(23)14-20(19)30-22/h7-12,14,17H,3-6,13H2,1-2H3. The number of aryl methyl sites for hydroxylation is 1. The normalized spacial score (nSPS) is 18.5. The highest BCUT2D eigenvalue weighted by molar-refractivity contribution is 7.89. The Balaban J connectivity index is 1.62. The van der Waals surface area contributed by atoms with Crippen LogP contribution in [0.25, 0.3) is 10.2 Å². The Bertz CT molecular complexity index is 1290. The Labute approximate surface area is 184 Å². The molecule has 1 saturated heterocycles. The number of sulfonamides is 1. The van der Waals surface area contributed by atoms with Gasteiger partial charge in [-0.2, -0.15) is 9.30 Å². The van der Waals surface area contributed by atoms with Gasteiger partial charge in [0.25, 0.3) is 5.91 Å². The van der Waals surface area contributed by atoms with Crippen molar-refractivity contribution in [3.8, 4) is 0 Å². The molecule has 1 atom stereocenters. The molecule has 0 spiro atoms. The van der Waals surface area contributed by atoms with Crippen molar-refractivity contribution >= 4 is 37.5 Å². The number of amides is 1. The number of hydrogen-bond acceptors (Lipinski definition) is 4. The fourth-order valence-corrected chi connectivity index (χ4v) is 6.78. The molecule has 1 aliphatic heterocycles. The summed E-state index contributed by atoms with van der Waals surface area (Å²) in [5.41, 5.74) is 1.08. The van der Waals surface area contributed by atoms with Gasteiger partial charge >= 0.3 is 0 Å². The first-order chi connectivity index (χ1) is 14.8. The molecule has 1 fully saturated rings. The second-order valence-corrected chi connectivity index (χ2v) is 10.6. The van der Waals surface area contributed by atoms with E-state index in [4.69, 9.17) is 0 Å². The lowest BCUT2D eigenvalue weighted by Crippen LogP contribution is -2.43. The molecule has 164 valence electrons. The molecule has 0 aliphatic carbocycles. The van der Waals surface area contributed by atoms with Crippen LogP contribution >= 0.6 is 11.3 Å². The van der Waals surface area contributed by atoms with Crippen molar-refractivity contribution in [2.24, 2.45) is 12.0 Å². The van der Waals surface area contributed by atoms with Gasteiger partial charge in [-0.1, -0.05) is 24.7 Å². The molecule has 1 unspecified atom stereocenters. The molecule has 31 heavy (non-hydrogen) atoms. The molecule has 1 aliphatic rings. The first-order valence-electron chi connectivity index (χ1n) is 10.3. The second kappa shape index (κ2) is 8.64.